The highest BCUT2D eigenvalue weighted by atomic mass is 32.2. The molecular formula is C24H36N6S. The van der Waals surface area contributed by atoms with Crippen LogP contribution < -0.4 is 10.6 Å². The van der Waals surface area contributed by atoms with Gasteiger partial charge >= 0.3 is 0 Å². The van der Waals surface area contributed by atoms with Gasteiger partial charge in [-0.05, 0) is 56.0 Å². The Kier molecular flexibility index (Phi) is 6.53. The van der Waals surface area contributed by atoms with Crippen LogP contribution in [-0.4, -0.2) is 84.3 Å². The number of fused-ring (bicyclic) bond motifs is 2. The normalized spacial score (nSPS) is 28.1. The van der Waals surface area contributed by atoms with E-state index >= 15 is 0 Å². The van der Waals surface area contributed by atoms with Gasteiger partial charge < -0.3 is 10.6 Å². The predicted molar refractivity (Wildman–Crippen MR) is 133 cm³/mol. The van der Waals surface area contributed by atoms with Gasteiger partial charge in [0.1, 0.15) is 0 Å². The lowest BCUT2D eigenvalue weighted by atomic mass is 9.90. The summed E-state index contributed by atoms with van der Waals surface area (Å²) in [5.74, 6) is 0. The Hall–Kier alpha value is -1.57. The van der Waals surface area contributed by atoms with Crippen molar-refractivity contribution in [3.05, 3.63) is 23.8 Å². The summed E-state index contributed by atoms with van der Waals surface area (Å²) in [5.41, 5.74) is 9.88. The molecule has 1 saturated heterocycles. The van der Waals surface area contributed by atoms with E-state index < -0.39 is 0 Å². The van der Waals surface area contributed by atoms with Gasteiger partial charge in [-0.25, -0.2) is 0 Å². The molecule has 7 heteroatoms. The molecule has 2 fully saturated rings. The molecule has 0 radical (unpaired) electrons. The van der Waals surface area contributed by atoms with Crippen LogP contribution in [0.25, 0.3) is 0 Å². The van der Waals surface area contributed by atoms with Crippen molar-refractivity contribution in [2.45, 2.75) is 56.4 Å². The average Bonchev–Trinajstić information content (AvgIpc) is 3.41. The minimum absolute atomic E-state index is 0.476. The number of aliphatic imine (C=N–C) groups is 2. The summed E-state index contributed by atoms with van der Waals surface area (Å²) in [4.78, 5) is 17.0. The first-order valence-electron chi connectivity index (χ1n) is 12.1. The number of hydrogen-bond donors (Lipinski definition) is 1. The fourth-order valence-corrected chi connectivity index (χ4v) is 6.79. The number of piperazine rings is 1. The first kappa shape index (κ1) is 21.3. The number of nitrogens with two attached hydrogens (primary N) is 1. The first-order valence-corrected chi connectivity index (χ1v) is 12.9. The monoisotopic (exact) mass is 440 g/mol. The second-order valence-corrected chi connectivity index (χ2v) is 10.6. The van der Waals surface area contributed by atoms with E-state index in [2.05, 4.69) is 49.8 Å². The van der Waals surface area contributed by atoms with E-state index in [1.807, 2.05) is 18.0 Å². The molecule has 3 heterocycles. The SMILES string of the molecule is CCCN(CCN1CCN(c2ccc3c(c2)CC=N3)CC1)C1CCC2N=C(N)SC2C1. The van der Waals surface area contributed by atoms with Crippen LogP contribution in [0.5, 0.6) is 0 Å². The smallest absolute Gasteiger partial charge is 0.154 e. The number of rotatable bonds is 7. The zero-order valence-corrected chi connectivity index (χ0v) is 19.6. The third-order valence-electron chi connectivity index (χ3n) is 7.37. The van der Waals surface area contributed by atoms with Gasteiger partial charge in [-0.3, -0.25) is 19.8 Å². The molecule has 0 bridgehead atoms. The summed E-state index contributed by atoms with van der Waals surface area (Å²) >= 11 is 1.82. The fraction of sp³-hybridized carbons (Fsp3) is 0.667. The molecule has 0 aromatic heterocycles. The van der Waals surface area contributed by atoms with Crippen molar-refractivity contribution in [1.82, 2.24) is 9.80 Å². The van der Waals surface area contributed by atoms with Gasteiger partial charge in [-0.15, -0.1) is 0 Å². The molecule has 4 aliphatic rings. The lowest BCUT2D eigenvalue weighted by molar-refractivity contribution is 0.128. The maximum absolute atomic E-state index is 5.99. The van der Waals surface area contributed by atoms with Crippen LogP contribution in [0.3, 0.4) is 0 Å². The number of thioether (sulfide) groups is 1. The van der Waals surface area contributed by atoms with Gasteiger partial charge in [0, 0.05) is 68.9 Å². The molecule has 31 heavy (non-hydrogen) atoms. The Labute approximate surface area is 191 Å². The largest absolute Gasteiger partial charge is 0.379 e. The number of nitrogens with zero attached hydrogens (tertiary/aromatic N) is 5. The number of benzene rings is 1. The van der Waals surface area contributed by atoms with Crippen LogP contribution in [0.4, 0.5) is 11.4 Å². The molecule has 1 aromatic carbocycles. The van der Waals surface area contributed by atoms with Crippen molar-refractivity contribution in [2.75, 3.05) is 50.7 Å². The Morgan fingerprint density at radius 2 is 2.03 bits per heavy atom. The number of anilines is 1. The molecule has 6 nitrogen and oxygen atoms in total. The molecule has 168 valence electrons. The summed E-state index contributed by atoms with van der Waals surface area (Å²) in [5, 5.41) is 1.42. The Morgan fingerprint density at radius 1 is 1.16 bits per heavy atom. The summed E-state index contributed by atoms with van der Waals surface area (Å²) < 4.78 is 0. The van der Waals surface area contributed by atoms with Crippen molar-refractivity contribution in [3.63, 3.8) is 0 Å². The lowest BCUT2D eigenvalue weighted by Gasteiger charge is -2.40. The molecule has 3 aliphatic heterocycles. The highest BCUT2D eigenvalue weighted by Gasteiger charge is 2.37. The second kappa shape index (κ2) is 9.51. The van der Waals surface area contributed by atoms with E-state index in [0.717, 1.165) is 43.5 Å². The van der Waals surface area contributed by atoms with Crippen LogP contribution in [0.2, 0.25) is 0 Å². The third-order valence-corrected chi connectivity index (χ3v) is 8.52. The molecule has 0 spiro atoms. The maximum Gasteiger partial charge on any atom is 0.154 e. The van der Waals surface area contributed by atoms with E-state index in [9.17, 15) is 0 Å². The molecule has 1 aliphatic carbocycles. The molecule has 3 unspecified atom stereocenters. The van der Waals surface area contributed by atoms with Crippen LogP contribution in [0.1, 0.15) is 38.2 Å². The van der Waals surface area contributed by atoms with E-state index in [-0.39, 0.29) is 0 Å². The van der Waals surface area contributed by atoms with E-state index in [1.165, 1.54) is 56.6 Å². The standard InChI is InChI=1S/C24H36N6S/c1-2-9-29(20-4-6-22-23(17-20)31-24(25)27-22)13-10-28-11-14-30(15-12-28)19-3-5-21-18(16-19)7-8-26-21/h3,5,8,16,20,22-23H,2,4,6-7,9-15,17H2,1H3,(H2,25,27). The van der Waals surface area contributed by atoms with Crippen molar-refractivity contribution in [3.8, 4) is 0 Å². The summed E-state index contributed by atoms with van der Waals surface area (Å²) in [7, 11) is 0. The Bertz CT molecular complexity index is 831. The van der Waals surface area contributed by atoms with Crippen molar-refractivity contribution < 1.29 is 0 Å². The molecule has 5 rings (SSSR count). The first-order chi connectivity index (χ1) is 15.2. The van der Waals surface area contributed by atoms with E-state index in [1.54, 1.807) is 0 Å². The summed E-state index contributed by atoms with van der Waals surface area (Å²) in [6.45, 7) is 10.4. The third kappa shape index (κ3) is 4.78. The van der Waals surface area contributed by atoms with Crippen LogP contribution >= 0.6 is 11.8 Å². The molecule has 1 saturated carbocycles. The van der Waals surface area contributed by atoms with Gasteiger partial charge in [-0.2, -0.15) is 0 Å². The van der Waals surface area contributed by atoms with Crippen LogP contribution in [0, 0.1) is 0 Å². The quantitative estimate of drug-likeness (QED) is 0.706. The molecule has 2 N–H and O–H groups in total. The van der Waals surface area contributed by atoms with Gasteiger partial charge in [0.15, 0.2) is 5.17 Å². The maximum atomic E-state index is 5.99. The molecule has 0 amide bonds. The van der Waals surface area contributed by atoms with Gasteiger partial charge in [0.05, 0.1) is 11.7 Å². The molecular weight excluding hydrogens is 404 g/mol. The fourth-order valence-electron chi connectivity index (χ4n) is 5.61. The van der Waals surface area contributed by atoms with Gasteiger partial charge in [-0.1, -0.05) is 18.7 Å². The second-order valence-electron chi connectivity index (χ2n) is 9.35. The van der Waals surface area contributed by atoms with Crippen molar-refractivity contribution in [2.24, 2.45) is 15.7 Å². The Balaban J connectivity index is 1.10. The average molecular weight is 441 g/mol. The minimum Gasteiger partial charge on any atom is -0.379 e. The van der Waals surface area contributed by atoms with Crippen molar-refractivity contribution in [1.29, 1.82) is 0 Å². The number of amidine groups is 1. The van der Waals surface area contributed by atoms with Crippen molar-refractivity contribution >= 4 is 34.5 Å². The van der Waals surface area contributed by atoms with E-state index in [0.29, 0.717) is 17.3 Å². The van der Waals surface area contributed by atoms with Crippen LogP contribution in [-0.2, 0) is 6.42 Å². The number of hydrogen-bond acceptors (Lipinski definition) is 7. The zero-order chi connectivity index (χ0) is 21.2. The van der Waals surface area contributed by atoms with Gasteiger partial charge in [0.2, 0.25) is 0 Å². The van der Waals surface area contributed by atoms with Crippen LogP contribution in [0.15, 0.2) is 28.2 Å². The summed E-state index contributed by atoms with van der Waals surface area (Å²) in [6.07, 6.45) is 7.95. The molecule has 1 aromatic rings. The topological polar surface area (TPSA) is 60.5 Å². The minimum atomic E-state index is 0.476. The predicted octanol–water partition coefficient (Wildman–Crippen LogP) is 3.13. The van der Waals surface area contributed by atoms with Gasteiger partial charge in [0.25, 0.3) is 0 Å². The summed E-state index contributed by atoms with van der Waals surface area (Å²) in [6, 6.07) is 7.94. The Morgan fingerprint density at radius 3 is 2.87 bits per heavy atom. The zero-order valence-electron chi connectivity index (χ0n) is 18.7. The lowest BCUT2D eigenvalue weighted by Crippen LogP contribution is -2.50. The highest BCUT2D eigenvalue weighted by Crippen LogP contribution is 2.37. The molecule has 3 atom stereocenters. The van der Waals surface area contributed by atoms with E-state index in [4.69, 9.17) is 5.73 Å². The highest BCUT2D eigenvalue weighted by molar-refractivity contribution is 8.14.